The maximum Gasteiger partial charge on any atom is 0.411 e. The van der Waals surface area contributed by atoms with Crippen LogP contribution in [0.25, 0.3) is 0 Å². The predicted molar refractivity (Wildman–Crippen MR) is 91.7 cm³/mol. The van der Waals surface area contributed by atoms with Crippen molar-refractivity contribution < 1.29 is 14.3 Å². The molecule has 0 aliphatic carbocycles. The highest BCUT2D eigenvalue weighted by Crippen LogP contribution is 2.16. The number of hydrogen-bond acceptors (Lipinski definition) is 4. The summed E-state index contributed by atoms with van der Waals surface area (Å²) in [5.41, 5.74) is 1.73. The lowest BCUT2D eigenvalue weighted by Crippen LogP contribution is -2.26. The second-order valence-electron chi connectivity index (χ2n) is 5.87. The van der Waals surface area contributed by atoms with Crippen LogP contribution in [0.4, 0.5) is 10.5 Å². The summed E-state index contributed by atoms with van der Waals surface area (Å²) in [6, 6.07) is 7.68. The first-order valence-corrected chi connectivity index (χ1v) is 8.61. The maximum absolute atomic E-state index is 11.9. The molecule has 0 unspecified atom stereocenters. The molecule has 1 aromatic rings. The lowest BCUT2D eigenvalue weighted by atomic mass is 10.2. The van der Waals surface area contributed by atoms with Gasteiger partial charge in [0.25, 0.3) is 0 Å². The molecule has 128 valence electrons. The fourth-order valence-corrected chi connectivity index (χ4v) is 2.62. The average Bonchev–Trinajstić information content (AvgIpc) is 3.06. The third-order valence-corrected chi connectivity index (χ3v) is 3.99. The number of nitrogens with one attached hydrogen (secondary N) is 1. The molecule has 0 spiro atoms. The Balaban J connectivity index is 1.73. The summed E-state index contributed by atoms with van der Waals surface area (Å²) in [5, 5.41) is 2.82. The molecular formula is C18H28N2O3. The first-order chi connectivity index (χ1) is 11.3. The van der Waals surface area contributed by atoms with Crippen LogP contribution in [-0.4, -0.2) is 43.8 Å². The molecule has 23 heavy (non-hydrogen) atoms. The number of likely N-dealkylation sites (tertiary alicyclic amines) is 1. The molecule has 1 N–H and O–H groups in total. The summed E-state index contributed by atoms with van der Waals surface area (Å²) in [5.74, 6) is 0. The molecule has 5 heteroatoms. The maximum atomic E-state index is 11.9. The van der Waals surface area contributed by atoms with E-state index in [9.17, 15) is 4.79 Å². The van der Waals surface area contributed by atoms with Gasteiger partial charge in [-0.05, 0) is 38.4 Å². The molecule has 1 fully saturated rings. The van der Waals surface area contributed by atoms with Crippen molar-refractivity contribution in [2.45, 2.75) is 39.2 Å². The van der Waals surface area contributed by atoms with E-state index in [1.165, 1.54) is 12.8 Å². The highest BCUT2D eigenvalue weighted by molar-refractivity contribution is 5.85. The van der Waals surface area contributed by atoms with E-state index in [1.807, 2.05) is 24.3 Å². The van der Waals surface area contributed by atoms with Crippen molar-refractivity contribution in [2.24, 2.45) is 0 Å². The Kier molecular flexibility index (Phi) is 7.90. The zero-order valence-electron chi connectivity index (χ0n) is 14.1. The van der Waals surface area contributed by atoms with Gasteiger partial charge >= 0.3 is 6.09 Å². The Bertz CT molecular complexity index is 473. The number of unbranched alkanes of at least 4 members (excludes halogenated alkanes) is 1. The minimum atomic E-state index is -0.398. The van der Waals surface area contributed by atoms with Gasteiger partial charge in [0.15, 0.2) is 0 Å². The zero-order chi connectivity index (χ0) is 16.3. The molecule has 1 aliphatic heterocycles. The lowest BCUT2D eigenvalue weighted by molar-refractivity contribution is 0.118. The Morgan fingerprint density at radius 2 is 2.00 bits per heavy atom. The minimum Gasteiger partial charge on any atom is -0.448 e. The van der Waals surface area contributed by atoms with Gasteiger partial charge in [-0.1, -0.05) is 31.5 Å². The van der Waals surface area contributed by atoms with Crippen LogP contribution in [0.3, 0.4) is 0 Å². The van der Waals surface area contributed by atoms with E-state index in [-0.39, 0.29) is 0 Å². The van der Waals surface area contributed by atoms with E-state index >= 15 is 0 Å². The van der Waals surface area contributed by atoms with Crippen LogP contribution in [-0.2, 0) is 16.1 Å². The average molecular weight is 320 g/mol. The second-order valence-corrected chi connectivity index (χ2v) is 5.87. The van der Waals surface area contributed by atoms with Crippen LogP contribution >= 0.6 is 0 Å². The monoisotopic (exact) mass is 320 g/mol. The number of hydrogen-bond donors (Lipinski definition) is 1. The number of nitrogens with zero attached hydrogens (tertiary/aromatic N) is 1. The summed E-state index contributed by atoms with van der Waals surface area (Å²) in [4.78, 5) is 14.2. The summed E-state index contributed by atoms with van der Waals surface area (Å²) in [6.45, 7) is 6.86. The van der Waals surface area contributed by atoms with Crippen LogP contribution in [0.2, 0.25) is 0 Å². The van der Waals surface area contributed by atoms with Gasteiger partial charge in [0.1, 0.15) is 6.61 Å². The molecule has 1 aliphatic rings. The topological polar surface area (TPSA) is 50.8 Å². The van der Waals surface area contributed by atoms with Crippen molar-refractivity contribution in [3.05, 3.63) is 29.8 Å². The van der Waals surface area contributed by atoms with Crippen molar-refractivity contribution in [3.63, 3.8) is 0 Å². The number of benzene rings is 1. The zero-order valence-corrected chi connectivity index (χ0v) is 14.1. The fraction of sp³-hybridized carbons (Fsp3) is 0.611. The van der Waals surface area contributed by atoms with Crippen molar-refractivity contribution in [2.75, 3.05) is 38.2 Å². The van der Waals surface area contributed by atoms with Gasteiger partial charge in [-0.3, -0.25) is 10.2 Å². The van der Waals surface area contributed by atoms with E-state index in [1.54, 1.807) is 0 Å². The number of rotatable bonds is 9. The van der Waals surface area contributed by atoms with E-state index in [0.717, 1.165) is 50.3 Å². The molecule has 5 nitrogen and oxygen atoms in total. The molecule has 0 aromatic heterocycles. The van der Waals surface area contributed by atoms with Gasteiger partial charge < -0.3 is 9.47 Å². The van der Waals surface area contributed by atoms with Gasteiger partial charge in [-0.15, -0.1) is 0 Å². The quantitative estimate of drug-likeness (QED) is 0.706. The molecule has 0 saturated carbocycles. The molecule has 0 atom stereocenters. The Morgan fingerprint density at radius 1 is 1.22 bits per heavy atom. The number of para-hydroxylation sites is 1. The number of carbonyl (C=O) groups excluding carboxylic acids is 1. The standard InChI is InChI=1S/C18H28N2O3/c1-2-3-13-22-15-16-8-4-5-9-17(16)19-18(21)23-14-12-20-10-6-7-11-20/h4-5,8-9H,2-3,6-7,10-15H2,1H3,(H,19,21). The normalized spacial score (nSPS) is 14.8. The smallest absolute Gasteiger partial charge is 0.411 e. The fourth-order valence-electron chi connectivity index (χ4n) is 2.62. The summed E-state index contributed by atoms with van der Waals surface area (Å²) in [6.07, 6.45) is 4.26. The van der Waals surface area contributed by atoms with Crippen LogP contribution in [0.5, 0.6) is 0 Å². The molecule has 0 bridgehead atoms. The Morgan fingerprint density at radius 3 is 2.78 bits per heavy atom. The summed E-state index contributed by atoms with van der Waals surface area (Å²) < 4.78 is 10.9. The van der Waals surface area contributed by atoms with E-state index in [0.29, 0.717) is 13.2 Å². The van der Waals surface area contributed by atoms with Gasteiger partial charge in [0.2, 0.25) is 0 Å². The predicted octanol–water partition coefficient (Wildman–Crippen LogP) is 3.65. The van der Waals surface area contributed by atoms with Gasteiger partial charge in [-0.25, -0.2) is 4.79 Å². The summed E-state index contributed by atoms with van der Waals surface area (Å²) in [7, 11) is 0. The van der Waals surface area contributed by atoms with Crippen molar-refractivity contribution in [3.8, 4) is 0 Å². The van der Waals surface area contributed by atoms with Crippen LogP contribution in [0, 0.1) is 0 Å². The Labute approximate surface area is 139 Å². The van der Waals surface area contributed by atoms with Crippen LogP contribution in [0.15, 0.2) is 24.3 Å². The molecule has 1 saturated heterocycles. The summed E-state index contributed by atoms with van der Waals surface area (Å²) >= 11 is 0. The molecule has 0 radical (unpaired) electrons. The minimum absolute atomic E-state index is 0.398. The number of anilines is 1. The van der Waals surface area contributed by atoms with Crippen LogP contribution in [0.1, 0.15) is 38.2 Å². The van der Waals surface area contributed by atoms with Crippen molar-refractivity contribution in [1.82, 2.24) is 4.90 Å². The van der Waals surface area contributed by atoms with E-state index in [4.69, 9.17) is 9.47 Å². The SMILES string of the molecule is CCCCOCc1ccccc1NC(=O)OCCN1CCCC1. The Hall–Kier alpha value is -1.59. The molecule has 1 amide bonds. The van der Waals surface area contributed by atoms with E-state index in [2.05, 4.69) is 17.1 Å². The van der Waals surface area contributed by atoms with Gasteiger partial charge in [0, 0.05) is 24.4 Å². The van der Waals surface area contributed by atoms with Gasteiger partial charge in [-0.2, -0.15) is 0 Å². The third kappa shape index (κ3) is 6.59. The van der Waals surface area contributed by atoms with Crippen molar-refractivity contribution >= 4 is 11.8 Å². The highest BCUT2D eigenvalue weighted by atomic mass is 16.5. The number of carbonyl (C=O) groups is 1. The number of amides is 1. The lowest BCUT2D eigenvalue weighted by Gasteiger charge is -2.15. The molecule has 1 heterocycles. The number of ether oxygens (including phenoxy) is 2. The third-order valence-electron chi connectivity index (χ3n) is 3.99. The first-order valence-electron chi connectivity index (χ1n) is 8.61. The molecule has 2 rings (SSSR count). The van der Waals surface area contributed by atoms with E-state index < -0.39 is 6.09 Å². The van der Waals surface area contributed by atoms with Gasteiger partial charge in [0.05, 0.1) is 6.61 Å². The largest absolute Gasteiger partial charge is 0.448 e. The van der Waals surface area contributed by atoms with Crippen molar-refractivity contribution in [1.29, 1.82) is 0 Å². The highest BCUT2D eigenvalue weighted by Gasteiger charge is 2.12. The molecule has 1 aromatic carbocycles. The first kappa shape index (κ1) is 17.8. The van der Waals surface area contributed by atoms with Crippen LogP contribution < -0.4 is 5.32 Å². The second kappa shape index (κ2) is 10.2. The molecular weight excluding hydrogens is 292 g/mol.